The number of hydrogen-bond donors (Lipinski definition) is 1. The van der Waals surface area contributed by atoms with Crippen LogP contribution < -0.4 is 5.73 Å². The molecule has 0 bridgehead atoms. The predicted octanol–water partition coefficient (Wildman–Crippen LogP) is 1.37. The number of rotatable bonds is 4. The summed E-state index contributed by atoms with van der Waals surface area (Å²) < 4.78 is 1.30. The number of likely N-dealkylation sites (tertiary alicyclic amines) is 1. The van der Waals surface area contributed by atoms with Crippen molar-refractivity contribution in [1.29, 1.82) is 0 Å². The molecule has 9 nitrogen and oxygen atoms in total. The zero-order chi connectivity index (χ0) is 18.0. The summed E-state index contributed by atoms with van der Waals surface area (Å²) in [5.74, 6) is 0.289. The maximum absolute atomic E-state index is 12.9. The molecule has 2 heterocycles. The second-order valence-corrected chi connectivity index (χ2v) is 6.32. The van der Waals surface area contributed by atoms with Crippen LogP contribution in [0, 0.1) is 16.0 Å². The minimum absolute atomic E-state index is 0.0368. The monoisotopic (exact) mass is 344 g/mol. The molecular formula is C16H20N6O3. The number of carbonyl (C=O) groups excluding carboxylic acids is 1. The van der Waals surface area contributed by atoms with Crippen LogP contribution in [0.2, 0.25) is 0 Å². The molecule has 1 fully saturated rings. The highest BCUT2D eigenvalue weighted by Crippen LogP contribution is 2.27. The molecule has 1 amide bonds. The first-order valence-corrected chi connectivity index (χ1v) is 8.15. The fourth-order valence-electron chi connectivity index (χ4n) is 3.24. The third kappa shape index (κ3) is 3.36. The SMILES string of the molecule is CC1CCN(C(=O)c2ccc(-n3cncn3)c([N+](=O)[O-])c2)C(CN)C1. The van der Waals surface area contributed by atoms with Crippen LogP contribution in [0.4, 0.5) is 5.69 Å². The molecule has 2 aromatic rings. The molecule has 1 aromatic heterocycles. The lowest BCUT2D eigenvalue weighted by atomic mass is 9.92. The number of aromatic nitrogens is 3. The Morgan fingerprint density at radius 1 is 1.48 bits per heavy atom. The predicted molar refractivity (Wildman–Crippen MR) is 90.3 cm³/mol. The Morgan fingerprint density at radius 2 is 2.28 bits per heavy atom. The Morgan fingerprint density at radius 3 is 2.92 bits per heavy atom. The van der Waals surface area contributed by atoms with Gasteiger partial charge in [0, 0.05) is 30.8 Å². The molecule has 9 heteroatoms. The number of piperidine rings is 1. The molecule has 2 N–H and O–H groups in total. The molecule has 0 radical (unpaired) electrons. The van der Waals surface area contributed by atoms with Crippen LogP contribution in [0.1, 0.15) is 30.1 Å². The first-order valence-electron chi connectivity index (χ1n) is 8.15. The van der Waals surface area contributed by atoms with Gasteiger partial charge in [0.05, 0.1) is 4.92 Å². The van der Waals surface area contributed by atoms with Crippen LogP contribution in [0.3, 0.4) is 0 Å². The molecule has 0 aliphatic carbocycles. The third-order valence-electron chi connectivity index (χ3n) is 4.60. The molecule has 1 aliphatic heterocycles. The Bertz CT molecular complexity index is 776. The summed E-state index contributed by atoms with van der Waals surface area (Å²) in [6, 6.07) is 4.36. The van der Waals surface area contributed by atoms with Crippen LogP contribution >= 0.6 is 0 Å². The first kappa shape index (κ1) is 17.0. The smallest absolute Gasteiger partial charge is 0.295 e. The summed E-state index contributed by atoms with van der Waals surface area (Å²) >= 11 is 0. The average Bonchev–Trinajstić information content (AvgIpc) is 3.15. The van der Waals surface area contributed by atoms with E-state index >= 15 is 0 Å². The van der Waals surface area contributed by atoms with Crippen LogP contribution in [0.5, 0.6) is 0 Å². The van der Waals surface area contributed by atoms with Gasteiger partial charge >= 0.3 is 0 Å². The lowest BCUT2D eigenvalue weighted by Crippen LogP contribution is -2.49. The summed E-state index contributed by atoms with van der Waals surface area (Å²) in [7, 11) is 0. The molecular weight excluding hydrogens is 324 g/mol. The maximum atomic E-state index is 12.9. The zero-order valence-corrected chi connectivity index (χ0v) is 13.9. The Kier molecular flexibility index (Phi) is 4.75. The Hall–Kier alpha value is -2.81. The highest BCUT2D eigenvalue weighted by Gasteiger charge is 2.30. The number of amides is 1. The largest absolute Gasteiger partial charge is 0.334 e. The number of nitro groups is 1. The van der Waals surface area contributed by atoms with E-state index < -0.39 is 4.92 Å². The standard InChI is InChI=1S/C16H20N6O3/c1-11-4-5-20(13(6-11)8-17)16(23)12-2-3-14(15(7-12)22(24)25)21-10-18-9-19-21/h2-3,7,9-11,13H,4-6,8,17H2,1H3. The molecule has 0 saturated carbocycles. The van der Waals surface area contributed by atoms with Crippen LogP contribution in [-0.2, 0) is 0 Å². The van der Waals surface area contributed by atoms with Crippen molar-refractivity contribution in [2.24, 2.45) is 11.7 Å². The third-order valence-corrected chi connectivity index (χ3v) is 4.60. The fourth-order valence-corrected chi connectivity index (χ4v) is 3.24. The van der Waals surface area contributed by atoms with Gasteiger partial charge in [0.1, 0.15) is 18.3 Å². The highest BCUT2D eigenvalue weighted by atomic mass is 16.6. The van der Waals surface area contributed by atoms with E-state index in [0.29, 0.717) is 19.0 Å². The summed E-state index contributed by atoms with van der Waals surface area (Å²) in [5, 5.41) is 15.3. The second-order valence-electron chi connectivity index (χ2n) is 6.32. The van der Waals surface area contributed by atoms with E-state index in [0.717, 1.165) is 12.8 Å². The number of benzene rings is 1. The maximum Gasteiger partial charge on any atom is 0.295 e. The van der Waals surface area contributed by atoms with Crippen molar-refractivity contribution in [1.82, 2.24) is 19.7 Å². The lowest BCUT2D eigenvalue weighted by Gasteiger charge is -2.38. The van der Waals surface area contributed by atoms with Crippen LogP contribution in [0.25, 0.3) is 5.69 Å². The molecule has 2 unspecified atom stereocenters. The van der Waals surface area contributed by atoms with E-state index in [4.69, 9.17) is 5.73 Å². The molecule has 132 valence electrons. The van der Waals surface area contributed by atoms with E-state index in [1.165, 1.54) is 29.5 Å². The van der Waals surface area contributed by atoms with Gasteiger partial charge in [0.25, 0.3) is 11.6 Å². The number of nitrogens with zero attached hydrogens (tertiary/aromatic N) is 5. The zero-order valence-electron chi connectivity index (χ0n) is 13.9. The molecule has 25 heavy (non-hydrogen) atoms. The van der Waals surface area contributed by atoms with Gasteiger partial charge in [-0.15, -0.1) is 0 Å². The number of carbonyl (C=O) groups is 1. The molecule has 2 atom stereocenters. The Labute approximate surface area is 144 Å². The summed E-state index contributed by atoms with van der Waals surface area (Å²) in [5.41, 5.74) is 6.18. The van der Waals surface area contributed by atoms with Crippen LogP contribution in [0.15, 0.2) is 30.9 Å². The van der Waals surface area contributed by atoms with Gasteiger partial charge < -0.3 is 10.6 Å². The van der Waals surface area contributed by atoms with Crippen molar-refractivity contribution >= 4 is 11.6 Å². The van der Waals surface area contributed by atoms with E-state index in [-0.39, 0.29) is 28.9 Å². The minimum Gasteiger partial charge on any atom is -0.334 e. The van der Waals surface area contributed by atoms with Gasteiger partial charge in [-0.05, 0) is 30.9 Å². The fraction of sp³-hybridized carbons (Fsp3) is 0.438. The highest BCUT2D eigenvalue weighted by molar-refractivity contribution is 5.95. The average molecular weight is 344 g/mol. The van der Waals surface area contributed by atoms with Crippen molar-refractivity contribution in [3.05, 3.63) is 46.5 Å². The molecule has 1 saturated heterocycles. The molecule has 0 spiro atoms. The van der Waals surface area contributed by atoms with E-state index in [1.807, 2.05) is 0 Å². The van der Waals surface area contributed by atoms with Crippen molar-refractivity contribution in [2.45, 2.75) is 25.8 Å². The van der Waals surface area contributed by atoms with Gasteiger partial charge in [-0.25, -0.2) is 9.67 Å². The van der Waals surface area contributed by atoms with E-state index in [1.54, 1.807) is 11.0 Å². The van der Waals surface area contributed by atoms with Gasteiger partial charge in [0.2, 0.25) is 0 Å². The van der Waals surface area contributed by atoms with Crippen molar-refractivity contribution in [2.75, 3.05) is 13.1 Å². The topological polar surface area (TPSA) is 120 Å². The molecule has 3 rings (SSSR count). The minimum atomic E-state index is -0.521. The van der Waals surface area contributed by atoms with Gasteiger partial charge in [-0.1, -0.05) is 6.92 Å². The van der Waals surface area contributed by atoms with Gasteiger partial charge in [-0.3, -0.25) is 14.9 Å². The van der Waals surface area contributed by atoms with Crippen molar-refractivity contribution < 1.29 is 9.72 Å². The van der Waals surface area contributed by atoms with E-state index in [9.17, 15) is 14.9 Å². The lowest BCUT2D eigenvalue weighted by molar-refractivity contribution is -0.384. The number of hydrogen-bond acceptors (Lipinski definition) is 6. The quantitative estimate of drug-likeness (QED) is 0.661. The summed E-state index contributed by atoms with van der Waals surface area (Å²) in [6.45, 7) is 3.14. The van der Waals surface area contributed by atoms with E-state index in [2.05, 4.69) is 17.0 Å². The summed E-state index contributed by atoms with van der Waals surface area (Å²) in [4.78, 5) is 29.3. The number of nitro benzene ring substituents is 1. The molecule has 1 aliphatic rings. The second kappa shape index (κ2) is 6.98. The van der Waals surface area contributed by atoms with Crippen molar-refractivity contribution in [3.8, 4) is 5.69 Å². The summed E-state index contributed by atoms with van der Waals surface area (Å²) in [6.07, 6.45) is 4.42. The van der Waals surface area contributed by atoms with Gasteiger partial charge in [-0.2, -0.15) is 5.10 Å². The number of nitrogens with two attached hydrogens (primary N) is 1. The first-order chi connectivity index (χ1) is 12.0. The Balaban J connectivity index is 1.93. The van der Waals surface area contributed by atoms with Crippen molar-refractivity contribution in [3.63, 3.8) is 0 Å². The normalized spacial score (nSPS) is 20.5. The molecule has 1 aromatic carbocycles. The van der Waals surface area contributed by atoms with Gasteiger partial charge in [0.15, 0.2) is 0 Å². The van der Waals surface area contributed by atoms with Crippen LogP contribution in [-0.4, -0.2) is 49.6 Å².